The molecule has 0 aliphatic heterocycles. The Kier molecular flexibility index (Phi) is 3.51. The van der Waals surface area contributed by atoms with Gasteiger partial charge in [0.25, 0.3) is 0 Å². The van der Waals surface area contributed by atoms with E-state index >= 15 is 0 Å². The largest absolute Gasteiger partial charge is 0.481 e. The molecule has 0 amide bonds. The molecule has 1 rings (SSSR count). The number of carboxylic acid groups (broad SMARTS) is 1. The molecule has 0 aliphatic rings. The fraction of sp³-hybridized carbons (Fsp3) is 0.462. The third kappa shape index (κ3) is 3.39. The van der Waals surface area contributed by atoms with Crippen molar-refractivity contribution in [2.45, 2.75) is 33.6 Å². The van der Waals surface area contributed by atoms with E-state index in [1.165, 1.54) is 11.1 Å². The Bertz CT molecular complexity index is 336. The molecule has 0 saturated heterocycles. The van der Waals surface area contributed by atoms with Gasteiger partial charge in [-0.15, -0.1) is 0 Å². The molecule has 1 N–H and O–H groups in total. The fourth-order valence-corrected chi connectivity index (χ4v) is 1.32. The van der Waals surface area contributed by atoms with Crippen molar-refractivity contribution in [2.24, 2.45) is 5.41 Å². The summed E-state index contributed by atoms with van der Waals surface area (Å²) in [6, 6.07) is 8.24. The van der Waals surface area contributed by atoms with Crippen LogP contribution in [0.4, 0.5) is 0 Å². The Hall–Kier alpha value is -1.31. The van der Waals surface area contributed by atoms with Crippen molar-refractivity contribution in [1.82, 2.24) is 0 Å². The maximum Gasteiger partial charge on any atom is 0.309 e. The molecular formula is C13H18O2. The number of hydrogen-bond donors (Lipinski definition) is 1. The first-order chi connectivity index (χ1) is 6.92. The molecule has 0 unspecified atom stereocenters. The van der Waals surface area contributed by atoms with E-state index in [0.717, 1.165) is 6.42 Å². The average molecular weight is 206 g/mol. The standard InChI is InChI=1S/C13H18O2/c1-10-4-6-11(7-5-10)8-9-13(2,3)12(14)15/h4-7H,8-9H2,1-3H3,(H,14,15). The van der Waals surface area contributed by atoms with E-state index in [2.05, 4.69) is 24.3 Å². The van der Waals surface area contributed by atoms with Crippen molar-refractivity contribution < 1.29 is 9.90 Å². The molecule has 0 fully saturated rings. The molecule has 0 radical (unpaired) electrons. The van der Waals surface area contributed by atoms with E-state index in [1.807, 2.05) is 6.92 Å². The topological polar surface area (TPSA) is 37.3 Å². The van der Waals surface area contributed by atoms with Crippen molar-refractivity contribution in [2.75, 3.05) is 0 Å². The van der Waals surface area contributed by atoms with Crippen molar-refractivity contribution in [3.05, 3.63) is 35.4 Å². The molecule has 0 aliphatic carbocycles. The molecule has 1 aromatic carbocycles. The number of carboxylic acids is 1. The Morgan fingerprint density at radius 2 is 1.80 bits per heavy atom. The van der Waals surface area contributed by atoms with Crippen LogP contribution in [0.1, 0.15) is 31.4 Å². The Labute approximate surface area is 90.9 Å². The molecular weight excluding hydrogens is 188 g/mol. The minimum Gasteiger partial charge on any atom is -0.481 e. The van der Waals surface area contributed by atoms with Crippen LogP contribution in [0.15, 0.2) is 24.3 Å². The zero-order valence-electron chi connectivity index (χ0n) is 9.58. The summed E-state index contributed by atoms with van der Waals surface area (Å²) in [4.78, 5) is 10.9. The first-order valence-corrected chi connectivity index (χ1v) is 5.21. The molecule has 0 aromatic heterocycles. The highest BCUT2D eigenvalue weighted by atomic mass is 16.4. The fourth-order valence-electron chi connectivity index (χ4n) is 1.32. The summed E-state index contributed by atoms with van der Waals surface area (Å²) in [7, 11) is 0. The molecule has 1 aromatic rings. The molecule has 2 nitrogen and oxygen atoms in total. The normalized spacial score (nSPS) is 11.4. The van der Waals surface area contributed by atoms with Gasteiger partial charge in [-0.1, -0.05) is 29.8 Å². The first kappa shape index (κ1) is 11.8. The molecule has 0 spiro atoms. The third-order valence-corrected chi connectivity index (χ3v) is 2.74. The lowest BCUT2D eigenvalue weighted by Gasteiger charge is -2.18. The Balaban J connectivity index is 2.57. The van der Waals surface area contributed by atoms with Crippen LogP contribution < -0.4 is 0 Å². The van der Waals surface area contributed by atoms with Gasteiger partial charge in [0.2, 0.25) is 0 Å². The van der Waals surface area contributed by atoms with E-state index in [9.17, 15) is 4.79 Å². The average Bonchev–Trinajstić information content (AvgIpc) is 2.17. The van der Waals surface area contributed by atoms with Gasteiger partial charge in [-0.05, 0) is 39.2 Å². The summed E-state index contributed by atoms with van der Waals surface area (Å²) in [5, 5.41) is 8.96. The number of aliphatic carboxylic acids is 1. The van der Waals surface area contributed by atoms with Crippen molar-refractivity contribution in [1.29, 1.82) is 0 Å². The van der Waals surface area contributed by atoms with Gasteiger partial charge in [-0.3, -0.25) is 4.79 Å². The third-order valence-electron chi connectivity index (χ3n) is 2.74. The molecule has 0 atom stereocenters. The van der Waals surface area contributed by atoms with E-state index in [-0.39, 0.29) is 0 Å². The number of carbonyl (C=O) groups is 1. The quantitative estimate of drug-likeness (QED) is 0.822. The Morgan fingerprint density at radius 1 is 1.27 bits per heavy atom. The molecule has 2 heteroatoms. The highest BCUT2D eigenvalue weighted by Gasteiger charge is 2.26. The van der Waals surface area contributed by atoms with Crippen molar-refractivity contribution >= 4 is 5.97 Å². The van der Waals surface area contributed by atoms with Gasteiger partial charge in [-0.25, -0.2) is 0 Å². The summed E-state index contributed by atoms with van der Waals surface area (Å²) in [5.41, 5.74) is 1.80. The summed E-state index contributed by atoms with van der Waals surface area (Å²) in [6.07, 6.45) is 1.49. The number of hydrogen-bond acceptors (Lipinski definition) is 1. The molecule has 82 valence electrons. The lowest BCUT2D eigenvalue weighted by Crippen LogP contribution is -2.24. The number of aryl methyl sites for hydroxylation is 2. The van der Waals surface area contributed by atoms with Crippen molar-refractivity contribution in [3.8, 4) is 0 Å². The van der Waals surface area contributed by atoms with Gasteiger partial charge in [0.15, 0.2) is 0 Å². The van der Waals surface area contributed by atoms with Gasteiger partial charge in [0, 0.05) is 0 Å². The monoisotopic (exact) mass is 206 g/mol. The second-order valence-corrected chi connectivity index (χ2v) is 4.67. The zero-order chi connectivity index (χ0) is 11.5. The summed E-state index contributed by atoms with van der Waals surface area (Å²) < 4.78 is 0. The van der Waals surface area contributed by atoms with Crippen LogP contribution in [0.3, 0.4) is 0 Å². The number of benzene rings is 1. The van der Waals surface area contributed by atoms with Crippen LogP contribution in [-0.4, -0.2) is 11.1 Å². The molecule has 0 saturated carbocycles. The predicted octanol–water partition coefficient (Wildman–Crippen LogP) is 3.04. The SMILES string of the molecule is Cc1ccc(CCC(C)(C)C(=O)O)cc1. The summed E-state index contributed by atoms with van der Waals surface area (Å²) in [6.45, 7) is 5.58. The minimum absolute atomic E-state index is 0.634. The van der Waals surface area contributed by atoms with Crippen LogP contribution in [0.25, 0.3) is 0 Å². The molecule has 0 heterocycles. The van der Waals surface area contributed by atoms with Gasteiger partial charge in [-0.2, -0.15) is 0 Å². The van der Waals surface area contributed by atoms with Gasteiger partial charge in [0.1, 0.15) is 0 Å². The van der Waals surface area contributed by atoms with Gasteiger partial charge >= 0.3 is 5.97 Å². The summed E-state index contributed by atoms with van der Waals surface area (Å²) >= 11 is 0. The molecule has 0 bridgehead atoms. The van der Waals surface area contributed by atoms with E-state index in [1.54, 1.807) is 13.8 Å². The first-order valence-electron chi connectivity index (χ1n) is 5.21. The maximum absolute atomic E-state index is 10.9. The summed E-state index contributed by atoms with van der Waals surface area (Å²) in [5.74, 6) is -0.727. The minimum atomic E-state index is -0.727. The highest BCUT2D eigenvalue weighted by Crippen LogP contribution is 2.23. The van der Waals surface area contributed by atoms with E-state index in [4.69, 9.17) is 5.11 Å². The maximum atomic E-state index is 10.9. The number of rotatable bonds is 4. The second kappa shape index (κ2) is 4.47. The van der Waals surface area contributed by atoms with E-state index in [0.29, 0.717) is 6.42 Å². The van der Waals surface area contributed by atoms with Crippen molar-refractivity contribution in [3.63, 3.8) is 0 Å². The van der Waals surface area contributed by atoms with Gasteiger partial charge < -0.3 is 5.11 Å². The predicted molar refractivity (Wildman–Crippen MR) is 60.9 cm³/mol. The lowest BCUT2D eigenvalue weighted by atomic mass is 9.86. The second-order valence-electron chi connectivity index (χ2n) is 4.67. The highest BCUT2D eigenvalue weighted by molar-refractivity contribution is 5.73. The smallest absolute Gasteiger partial charge is 0.309 e. The van der Waals surface area contributed by atoms with Crippen LogP contribution in [-0.2, 0) is 11.2 Å². The Morgan fingerprint density at radius 3 is 2.27 bits per heavy atom. The van der Waals surface area contributed by atoms with Crippen LogP contribution >= 0.6 is 0 Å². The molecule has 15 heavy (non-hydrogen) atoms. The van der Waals surface area contributed by atoms with Gasteiger partial charge in [0.05, 0.1) is 5.41 Å². The van der Waals surface area contributed by atoms with Crippen LogP contribution in [0.2, 0.25) is 0 Å². The van der Waals surface area contributed by atoms with Crippen LogP contribution in [0.5, 0.6) is 0 Å². The van der Waals surface area contributed by atoms with E-state index < -0.39 is 11.4 Å². The lowest BCUT2D eigenvalue weighted by molar-refractivity contribution is -0.147. The van der Waals surface area contributed by atoms with Crippen LogP contribution in [0, 0.1) is 12.3 Å². The zero-order valence-corrected chi connectivity index (χ0v) is 9.58.